The minimum absolute atomic E-state index is 0.327. The molecule has 4 aromatic carbocycles. The Balaban J connectivity index is 1.79. The Hall–Kier alpha value is -5.20. The van der Waals surface area contributed by atoms with E-state index in [1.165, 1.54) is 7.05 Å². The molecule has 0 fully saturated rings. The van der Waals surface area contributed by atoms with Gasteiger partial charge in [0.25, 0.3) is 11.8 Å². The lowest BCUT2D eigenvalue weighted by molar-refractivity contribution is 0.0693. The number of rotatable bonds is 2. The van der Waals surface area contributed by atoms with Gasteiger partial charge in [0.05, 0.1) is 51.1 Å². The fraction of sp³-hybridized carbons (Fsp3) is 0.0345. The summed E-state index contributed by atoms with van der Waals surface area (Å²) in [5.74, 6) is -0.674. The molecule has 2 heterocycles. The summed E-state index contributed by atoms with van der Waals surface area (Å²) in [5, 5.41) is 21.1. The highest BCUT2D eigenvalue weighted by molar-refractivity contribution is 6.23. The fourth-order valence-electron chi connectivity index (χ4n) is 5.00. The zero-order valence-electron chi connectivity index (χ0n) is 18.6. The second-order valence-corrected chi connectivity index (χ2v) is 8.41. The van der Waals surface area contributed by atoms with Crippen molar-refractivity contribution in [3.63, 3.8) is 0 Å². The van der Waals surface area contributed by atoms with Gasteiger partial charge in [-0.2, -0.15) is 10.5 Å². The van der Waals surface area contributed by atoms with Gasteiger partial charge in [0.15, 0.2) is 0 Å². The normalized spacial score (nSPS) is 12.7. The molecule has 164 valence electrons. The highest BCUT2D eigenvalue weighted by Gasteiger charge is 2.36. The lowest BCUT2D eigenvalue weighted by Gasteiger charge is -2.15. The van der Waals surface area contributed by atoms with Crippen LogP contribution >= 0.6 is 0 Å². The van der Waals surface area contributed by atoms with Crippen molar-refractivity contribution >= 4 is 33.6 Å². The highest BCUT2D eigenvalue weighted by atomic mass is 16.2. The molecule has 35 heavy (non-hydrogen) atoms. The average Bonchev–Trinajstić information content (AvgIpc) is 3.36. The van der Waals surface area contributed by atoms with Gasteiger partial charge in [-0.3, -0.25) is 14.5 Å². The summed E-state index contributed by atoms with van der Waals surface area (Å²) in [5.41, 5.74) is 5.31. The van der Waals surface area contributed by atoms with Crippen LogP contribution in [0.1, 0.15) is 31.8 Å². The van der Waals surface area contributed by atoms with Crippen LogP contribution in [0.25, 0.3) is 38.6 Å². The maximum absolute atomic E-state index is 13.1. The second kappa shape index (κ2) is 7.41. The zero-order chi connectivity index (χ0) is 24.3. The van der Waals surface area contributed by atoms with E-state index < -0.39 is 0 Å². The SMILES string of the molecule is CN1C(=O)c2cccc(-n3c4ccccc4c4cccc(-c5ccc(C#N)cc5C#N)c43)c2C1=O. The summed E-state index contributed by atoms with van der Waals surface area (Å²) in [6.07, 6.45) is 0. The first-order valence-corrected chi connectivity index (χ1v) is 11.0. The van der Waals surface area contributed by atoms with Crippen LogP contribution in [0.4, 0.5) is 0 Å². The van der Waals surface area contributed by atoms with Crippen LogP contribution in [-0.2, 0) is 0 Å². The molecule has 2 amide bonds. The van der Waals surface area contributed by atoms with Crippen molar-refractivity contribution in [2.45, 2.75) is 0 Å². The Morgan fingerprint density at radius 2 is 1.46 bits per heavy atom. The first kappa shape index (κ1) is 20.4. The Bertz CT molecular complexity index is 1830. The molecule has 0 saturated carbocycles. The van der Waals surface area contributed by atoms with Gasteiger partial charge < -0.3 is 4.57 Å². The van der Waals surface area contributed by atoms with Crippen LogP contribution in [0.2, 0.25) is 0 Å². The van der Waals surface area contributed by atoms with Gasteiger partial charge in [0.1, 0.15) is 0 Å². The standard InChI is InChI=1S/C29H16N4O2/c1-32-28(34)23-9-5-11-25(26(23)29(32)35)33-24-10-3-2-6-20(24)22-8-4-7-21(27(22)33)19-13-12-17(15-30)14-18(19)16-31/h2-14H,1H3. The van der Waals surface area contributed by atoms with Gasteiger partial charge in [-0.15, -0.1) is 0 Å². The molecule has 0 radical (unpaired) electrons. The van der Waals surface area contributed by atoms with E-state index in [1.807, 2.05) is 53.1 Å². The number of carbonyl (C=O) groups is 2. The van der Waals surface area contributed by atoms with Crippen LogP contribution < -0.4 is 0 Å². The molecule has 1 aromatic heterocycles. The number of para-hydroxylation sites is 2. The van der Waals surface area contributed by atoms with Crippen LogP contribution in [0.3, 0.4) is 0 Å². The molecule has 0 saturated heterocycles. The summed E-state index contributed by atoms with van der Waals surface area (Å²) in [6.45, 7) is 0. The molecule has 0 aliphatic carbocycles. The predicted molar refractivity (Wildman–Crippen MR) is 132 cm³/mol. The summed E-state index contributed by atoms with van der Waals surface area (Å²) < 4.78 is 2.00. The number of imide groups is 1. The Labute approximate surface area is 200 Å². The fourth-order valence-corrected chi connectivity index (χ4v) is 5.00. The Morgan fingerprint density at radius 1 is 0.714 bits per heavy atom. The summed E-state index contributed by atoms with van der Waals surface area (Å²) >= 11 is 0. The van der Waals surface area contributed by atoms with Crippen molar-refractivity contribution < 1.29 is 9.59 Å². The van der Waals surface area contributed by atoms with Crippen molar-refractivity contribution in [3.05, 3.63) is 101 Å². The van der Waals surface area contributed by atoms with E-state index in [1.54, 1.807) is 30.3 Å². The maximum atomic E-state index is 13.1. The predicted octanol–water partition coefficient (Wildman–Crippen LogP) is 5.42. The monoisotopic (exact) mass is 452 g/mol. The number of nitrogens with zero attached hydrogens (tertiary/aromatic N) is 4. The van der Waals surface area contributed by atoms with E-state index in [2.05, 4.69) is 12.1 Å². The molecule has 0 spiro atoms. The second-order valence-electron chi connectivity index (χ2n) is 8.41. The highest BCUT2D eigenvalue weighted by Crippen LogP contribution is 2.41. The molecule has 1 aliphatic heterocycles. The van der Waals surface area contributed by atoms with E-state index in [0.29, 0.717) is 33.5 Å². The van der Waals surface area contributed by atoms with Gasteiger partial charge >= 0.3 is 0 Å². The smallest absolute Gasteiger partial charge is 0.263 e. The van der Waals surface area contributed by atoms with Crippen molar-refractivity contribution in [1.82, 2.24) is 9.47 Å². The number of fused-ring (bicyclic) bond motifs is 4. The summed E-state index contributed by atoms with van der Waals surface area (Å²) in [6, 6.07) is 28.4. The first-order valence-electron chi connectivity index (χ1n) is 11.0. The van der Waals surface area contributed by atoms with E-state index in [9.17, 15) is 20.1 Å². The van der Waals surface area contributed by atoms with Gasteiger partial charge in [-0.1, -0.05) is 48.5 Å². The summed E-state index contributed by atoms with van der Waals surface area (Å²) in [4.78, 5) is 27.0. The van der Waals surface area contributed by atoms with Crippen molar-refractivity contribution in [3.8, 4) is 29.0 Å². The van der Waals surface area contributed by atoms with Gasteiger partial charge in [-0.05, 0) is 30.3 Å². The molecule has 0 N–H and O–H groups in total. The number of hydrogen-bond acceptors (Lipinski definition) is 4. The first-order chi connectivity index (χ1) is 17.0. The Morgan fingerprint density at radius 3 is 2.26 bits per heavy atom. The molecule has 0 atom stereocenters. The number of nitriles is 2. The third-order valence-corrected chi connectivity index (χ3v) is 6.59. The molecule has 6 heteroatoms. The van der Waals surface area contributed by atoms with Crippen LogP contribution in [0.15, 0.2) is 78.9 Å². The van der Waals surface area contributed by atoms with Crippen molar-refractivity contribution in [1.29, 1.82) is 10.5 Å². The molecular formula is C29H16N4O2. The lowest BCUT2D eigenvalue weighted by atomic mass is 9.96. The van der Waals surface area contributed by atoms with E-state index in [0.717, 1.165) is 32.3 Å². The van der Waals surface area contributed by atoms with E-state index in [-0.39, 0.29) is 11.8 Å². The average molecular weight is 452 g/mol. The van der Waals surface area contributed by atoms with Crippen LogP contribution in [-0.4, -0.2) is 28.3 Å². The molecule has 6 nitrogen and oxygen atoms in total. The number of aromatic nitrogens is 1. The molecule has 5 aromatic rings. The van der Waals surface area contributed by atoms with Crippen LogP contribution in [0, 0.1) is 22.7 Å². The topological polar surface area (TPSA) is 89.9 Å². The number of hydrogen-bond donors (Lipinski definition) is 0. The van der Waals surface area contributed by atoms with Crippen molar-refractivity contribution in [2.75, 3.05) is 7.05 Å². The van der Waals surface area contributed by atoms with Crippen LogP contribution in [0.5, 0.6) is 0 Å². The third kappa shape index (κ3) is 2.75. The molecule has 0 unspecified atom stereocenters. The van der Waals surface area contributed by atoms with Gasteiger partial charge in [0.2, 0.25) is 0 Å². The molecular weight excluding hydrogens is 436 g/mol. The lowest BCUT2D eigenvalue weighted by Crippen LogP contribution is -2.24. The minimum atomic E-state index is -0.347. The third-order valence-electron chi connectivity index (χ3n) is 6.59. The van der Waals surface area contributed by atoms with Gasteiger partial charge in [0, 0.05) is 28.9 Å². The quantitative estimate of drug-likeness (QED) is 0.335. The Kier molecular flexibility index (Phi) is 4.32. The number of benzene rings is 4. The minimum Gasteiger partial charge on any atom is -0.308 e. The summed E-state index contributed by atoms with van der Waals surface area (Å²) in [7, 11) is 1.49. The van der Waals surface area contributed by atoms with E-state index >= 15 is 0 Å². The number of carbonyl (C=O) groups excluding carboxylic acids is 2. The number of amides is 2. The molecule has 6 rings (SSSR count). The molecule has 1 aliphatic rings. The maximum Gasteiger partial charge on any atom is 0.263 e. The zero-order valence-corrected chi connectivity index (χ0v) is 18.6. The van der Waals surface area contributed by atoms with E-state index in [4.69, 9.17) is 0 Å². The largest absolute Gasteiger partial charge is 0.308 e. The van der Waals surface area contributed by atoms with Crippen molar-refractivity contribution in [2.24, 2.45) is 0 Å². The molecule has 0 bridgehead atoms. The van der Waals surface area contributed by atoms with Gasteiger partial charge in [-0.25, -0.2) is 0 Å².